The topological polar surface area (TPSA) is 175 Å². The monoisotopic (exact) mass is 839 g/mol. The van der Waals surface area contributed by atoms with Crippen LogP contribution in [0.4, 0.5) is 5.95 Å². The Balaban J connectivity index is 1.45. The summed E-state index contributed by atoms with van der Waals surface area (Å²) in [6, 6.07) is 27.8. The van der Waals surface area contributed by atoms with Gasteiger partial charge in [-0.25, -0.2) is 9.65 Å². The number of methoxy groups -OCH3 is 2. The highest BCUT2D eigenvalue weighted by Crippen LogP contribution is 2.51. The molecule has 0 spiro atoms. The largest absolute Gasteiger partial charge is 0.497 e. The van der Waals surface area contributed by atoms with E-state index in [0.717, 1.165) is 16.7 Å². The molecule has 1 saturated heterocycles. The van der Waals surface area contributed by atoms with Crippen molar-refractivity contribution >= 4 is 31.5 Å². The molecule has 0 saturated carbocycles. The van der Waals surface area contributed by atoms with Gasteiger partial charge in [0.2, 0.25) is 11.9 Å². The molecule has 1 unspecified atom stereocenters. The Morgan fingerprint density at radius 2 is 1.57 bits per heavy atom. The first kappa shape index (κ1) is 44.4. The van der Waals surface area contributed by atoms with Crippen LogP contribution in [0, 0.1) is 17.2 Å². The summed E-state index contributed by atoms with van der Waals surface area (Å²) < 4.78 is 42.5. The Labute approximate surface area is 351 Å². The van der Waals surface area contributed by atoms with Crippen molar-refractivity contribution in [3.05, 3.63) is 112 Å². The first-order valence-electron chi connectivity index (χ1n) is 20.1. The highest BCUT2D eigenvalue weighted by atomic mass is 31.2. The van der Waals surface area contributed by atoms with Gasteiger partial charge < -0.3 is 28.0 Å². The number of carbonyl (C=O) groups excluding carboxylic acids is 1. The number of hydrogen-bond donors (Lipinski definition) is 2. The van der Waals surface area contributed by atoms with E-state index in [1.54, 1.807) is 32.6 Å². The van der Waals surface area contributed by atoms with Crippen molar-refractivity contribution in [3.63, 3.8) is 0 Å². The number of nitrogens with zero attached hydrogens (tertiary/aromatic N) is 5. The zero-order chi connectivity index (χ0) is 43.0. The fourth-order valence-corrected chi connectivity index (χ4v) is 9.04. The van der Waals surface area contributed by atoms with Crippen molar-refractivity contribution in [2.24, 2.45) is 5.92 Å². The summed E-state index contributed by atoms with van der Waals surface area (Å²) in [6.07, 6.45) is -0.0106. The highest BCUT2D eigenvalue weighted by molar-refractivity contribution is 7.44. The molecule has 4 atom stereocenters. The lowest BCUT2D eigenvalue weighted by atomic mass is 9.80. The first-order chi connectivity index (χ1) is 28.9. The van der Waals surface area contributed by atoms with E-state index in [-0.39, 0.29) is 60.7 Å². The number of fused-ring (bicyclic) bond motifs is 1. The number of hydrogen-bond acceptors (Lipinski definition) is 12. The number of H-pyrrole nitrogens is 1. The summed E-state index contributed by atoms with van der Waals surface area (Å²) in [6.45, 7) is 12.0. The van der Waals surface area contributed by atoms with E-state index in [9.17, 15) is 14.9 Å². The second kappa shape index (κ2) is 19.9. The van der Waals surface area contributed by atoms with Crippen molar-refractivity contribution in [2.75, 3.05) is 32.8 Å². The van der Waals surface area contributed by atoms with Crippen molar-refractivity contribution in [2.45, 2.75) is 90.5 Å². The molecule has 3 heterocycles. The van der Waals surface area contributed by atoms with Crippen molar-refractivity contribution in [1.82, 2.24) is 24.2 Å². The Hall–Kier alpha value is -5.20. The second-order valence-corrected chi connectivity index (χ2v) is 16.7. The molecule has 5 aromatic rings. The Morgan fingerprint density at radius 3 is 2.12 bits per heavy atom. The van der Waals surface area contributed by atoms with Crippen molar-refractivity contribution in [3.8, 4) is 17.6 Å². The van der Waals surface area contributed by atoms with E-state index in [0.29, 0.717) is 17.9 Å². The average molecular weight is 840 g/mol. The minimum atomic E-state index is -1.70. The summed E-state index contributed by atoms with van der Waals surface area (Å²) >= 11 is 0. The maximum absolute atomic E-state index is 13.2. The minimum Gasteiger partial charge on any atom is -0.497 e. The van der Waals surface area contributed by atoms with Crippen LogP contribution in [0.25, 0.3) is 11.2 Å². The van der Waals surface area contributed by atoms with Gasteiger partial charge in [-0.05, 0) is 68.7 Å². The minimum absolute atomic E-state index is 0.00387. The molecular weight excluding hydrogens is 785 g/mol. The SMILES string of the molecule is COc1ccc(C(OC[C@H]2O[C@H](n3cnc4c(=O)[nH]c(NC(=O)C(C)C)nc43)C[C@@H]2OP(OCCC#N)N(C(C)C)C(C)C)(c2ccccc2)c2ccc(OC)cc2)cc1. The Morgan fingerprint density at radius 1 is 0.967 bits per heavy atom. The number of aromatic amines is 1. The normalized spacial score (nSPS) is 17.4. The average Bonchev–Trinajstić information content (AvgIpc) is 3.85. The second-order valence-electron chi connectivity index (χ2n) is 15.3. The number of imidazole rings is 1. The van der Waals surface area contributed by atoms with Crippen LogP contribution in [0.1, 0.15) is 77.3 Å². The number of rotatable bonds is 19. The maximum Gasteiger partial charge on any atom is 0.280 e. The molecule has 318 valence electrons. The maximum atomic E-state index is 13.2. The van der Waals surface area contributed by atoms with Gasteiger partial charge in [0.25, 0.3) is 14.1 Å². The molecule has 0 bridgehead atoms. The van der Waals surface area contributed by atoms with Crippen LogP contribution in [0.15, 0.2) is 90.0 Å². The lowest BCUT2D eigenvalue weighted by Gasteiger charge is -2.39. The van der Waals surface area contributed by atoms with Crippen molar-refractivity contribution < 1.29 is 32.8 Å². The molecule has 3 aromatic carbocycles. The van der Waals surface area contributed by atoms with E-state index in [1.165, 1.54) is 6.33 Å². The zero-order valence-corrected chi connectivity index (χ0v) is 36.2. The van der Waals surface area contributed by atoms with E-state index in [1.807, 2.05) is 78.9 Å². The van der Waals surface area contributed by atoms with Gasteiger partial charge in [0.1, 0.15) is 29.4 Å². The van der Waals surface area contributed by atoms with Crippen LogP contribution in [0.3, 0.4) is 0 Å². The third-order valence-corrected chi connectivity index (χ3v) is 12.4. The third-order valence-electron chi connectivity index (χ3n) is 10.2. The van der Waals surface area contributed by atoms with Crippen LogP contribution in [-0.2, 0) is 28.9 Å². The smallest absolute Gasteiger partial charge is 0.280 e. The molecular formula is C44H54N7O8P. The molecule has 1 aliphatic rings. The molecule has 15 nitrogen and oxygen atoms in total. The molecule has 0 aliphatic carbocycles. The summed E-state index contributed by atoms with van der Waals surface area (Å²) in [4.78, 5) is 37.4. The summed E-state index contributed by atoms with van der Waals surface area (Å²) in [5.41, 5.74) is 1.24. The molecule has 1 fully saturated rings. The number of amides is 1. The van der Waals surface area contributed by atoms with Crippen LogP contribution < -0.4 is 20.3 Å². The molecule has 1 amide bonds. The third kappa shape index (κ3) is 9.71. The van der Waals surface area contributed by atoms with Gasteiger partial charge in [-0.1, -0.05) is 68.4 Å². The van der Waals surface area contributed by atoms with E-state index in [2.05, 4.69) is 58.7 Å². The summed E-state index contributed by atoms with van der Waals surface area (Å²) in [5, 5.41) is 12.1. The molecule has 6 rings (SSSR count). The van der Waals surface area contributed by atoms with Crippen LogP contribution in [0.2, 0.25) is 0 Å². The predicted octanol–water partition coefficient (Wildman–Crippen LogP) is 7.69. The van der Waals surface area contributed by atoms with Gasteiger partial charge in [0.15, 0.2) is 11.2 Å². The van der Waals surface area contributed by atoms with Crippen LogP contribution in [-0.4, -0.2) is 81.8 Å². The fraction of sp³-hybridized carbons (Fsp3) is 0.432. The Bertz CT molecular complexity index is 2220. The first-order valence-corrected chi connectivity index (χ1v) is 21.2. The standard InChI is InChI=1S/C44H54N7O8P/c1-28(2)41(52)48-43-47-40-39(42(53)49-43)46-27-50(40)38-25-36(59-60(57-24-12-23-45)51(29(3)4)30(5)6)37(58-38)26-56-44(31-13-10-9-11-14-31,32-15-19-34(54-7)20-16-32)33-17-21-35(55-8)22-18-33/h9-11,13-22,27-30,36-38H,12,24-26H2,1-8H3,(H2,47,48,49,52,53)/t36-,37+,38-,60?/m0/s1. The lowest BCUT2D eigenvalue weighted by Crippen LogP contribution is -2.39. The summed E-state index contributed by atoms with van der Waals surface area (Å²) in [7, 11) is 1.56. The predicted molar refractivity (Wildman–Crippen MR) is 228 cm³/mol. The zero-order valence-electron chi connectivity index (χ0n) is 35.3. The number of nitrogens with one attached hydrogen (secondary N) is 2. The number of nitriles is 1. The lowest BCUT2D eigenvalue weighted by molar-refractivity contribution is -0.118. The molecule has 16 heteroatoms. The van der Waals surface area contributed by atoms with Gasteiger partial charge in [0, 0.05) is 24.4 Å². The molecule has 2 aromatic heterocycles. The van der Waals surface area contributed by atoms with Gasteiger partial charge in [-0.3, -0.25) is 24.5 Å². The van der Waals surface area contributed by atoms with E-state index in [4.69, 9.17) is 28.0 Å². The van der Waals surface area contributed by atoms with Crippen LogP contribution in [0.5, 0.6) is 11.5 Å². The summed E-state index contributed by atoms with van der Waals surface area (Å²) in [5.74, 6) is 0.758. The van der Waals surface area contributed by atoms with E-state index < -0.39 is 38.1 Å². The number of benzene rings is 3. The van der Waals surface area contributed by atoms with Gasteiger partial charge in [-0.2, -0.15) is 10.2 Å². The van der Waals surface area contributed by atoms with Gasteiger partial charge in [0.05, 0.1) is 52.4 Å². The number of aromatic nitrogens is 4. The van der Waals surface area contributed by atoms with Crippen molar-refractivity contribution in [1.29, 1.82) is 5.26 Å². The molecule has 60 heavy (non-hydrogen) atoms. The number of carbonyl (C=O) groups is 1. The molecule has 2 N–H and O–H groups in total. The van der Waals surface area contributed by atoms with E-state index >= 15 is 0 Å². The van der Waals surface area contributed by atoms with Crippen LogP contribution >= 0.6 is 8.53 Å². The number of anilines is 1. The highest BCUT2D eigenvalue weighted by Gasteiger charge is 2.45. The Kier molecular flexibility index (Phi) is 14.7. The van der Waals surface area contributed by atoms with Gasteiger partial charge in [-0.15, -0.1) is 0 Å². The number of ether oxygens (including phenoxy) is 4. The fourth-order valence-electron chi connectivity index (χ4n) is 7.28. The van der Waals surface area contributed by atoms with Gasteiger partial charge >= 0.3 is 0 Å². The quantitative estimate of drug-likeness (QED) is 0.0472. The molecule has 1 aliphatic heterocycles. The molecule has 0 radical (unpaired) electrons.